The zero-order valence-electron chi connectivity index (χ0n) is 18.9. The molecule has 174 valence electrons. The number of fused-ring (bicyclic) bond motifs is 1. The number of rotatable bonds is 7. The van der Waals surface area contributed by atoms with Crippen LogP contribution in [0.1, 0.15) is 13.8 Å². The molecule has 0 unspecified atom stereocenters. The van der Waals surface area contributed by atoms with Crippen molar-refractivity contribution in [1.82, 2.24) is 19.5 Å². The third-order valence-electron chi connectivity index (χ3n) is 4.90. The number of pyridine rings is 2. The molecule has 3 N–H and O–H groups in total. The van der Waals surface area contributed by atoms with Crippen molar-refractivity contribution >= 4 is 28.6 Å². The number of nitrogens with one attached hydrogen (secondary N) is 2. The standard InChI is InChI=1S/C24H24N6O4/c1-14(2)27-24-26-12-18(23(33)30(24)3)20-6-4-15-10-16(5-7-19(15)28-20)34-17-8-9-25-21(11-17)29-22(32)13-31/h4-12,14,31H,13H2,1-3H3,(H,26,27)(H,25,29,32). The van der Waals surface area contributed by atoms with E-state index in [9.17, 15) is 9.59 Å². The third kappa shape index (κ3) is 5.02. The fourth-order valence-electron chi connectivity index (χ4n) is 3.29. The van der Waals surface area contributed by atoms with Crippen LogP contribution in [0.5, 0.6) is 11.5 Å². The van der Waals surface area contributed by atoms with Crippen molar-refractivity contribution < 1.29 is 14.6 Å². The van der Waals surface area contributed by atoms with Gasteiger partial charge in [-0.25, -0.2) is 15.0 Å². The molecular formula is C24H24N6O4. The Balaban J connectivity index is 1.59. The predicted molar refractivity (Wildman–Crippen MR) is 129 cm³/mol. The Morgan fingerprint density at radius 2 is 1.91 bits per heavy atom. The van der Waals surface area contributed by atoms with Crippen LogP contribution in [0.15, 0.2) is 59.7 Å². The summed E-state index contributed by atoms with van der Waals surface area (Å²) in [6, 6.07) is 12.4. The van der Waals surface area contributed by atoms with E-state index in [4.69, 9.17) is 9.84 Å². The highest BCUT2D eigenvalue weighted by Gasteiger charge is 2.12. The van der Waals surface area contributed by atoms with E-state index in [2.05, 4.69) is 25.6 Å². The summed E-state index contributed by atoms with van der Waals surface area (Å²) < 4.78 is 7.36. The number of aliphatic hydroxyl groups excluding tert-OH is 1. The lowest BCUT2D eigenvalue weighted by Gasteiger charge is -2.13. The van der Waals surface area contributed by atoms with E-state index in [-0.39, 0.29) is 17.4 Å². The monoisotopic (exact) mass is 460 g/mol. The molecule has 10 nitrogen and oxygen atoms in total. The first-order chi connectivity index (χ1) is 16.3. The molecule has 0 aliphatic heterocycles. The second-order valence-electron chi connectivity index (χ2n) is 7.89. The minimum Gasteiger partial charge on any atom is -0.457 e. The van der Waals surface area contributed by atoms with Crippen molar-refractivity contribution in [3.8, 4) is 22.8 Å². The number of carbonyl (C=O) groups excluding carboxylic acids is 1. The summed E-state index contributed by atoms with van der Waals surface area (Å²) in [5, 5.41) is 15.3. The smallest absolute Gasteiger partial charge is 0.264 e. The molecule has 10 heteroatoms. The SMILES string of the molecule is CC(C)Nc1ncc(-c2ccc3cc(Oc4ccnc(NC(=O)CO)c4)ccc3n2)c(=O)n1C. The van der Waals surface area contributed by atoms with Gasteiger partial charge in [0.05, 0.1) is 16.8 Å². The molecule has 4 aromatic rings. The van der Waals surface area contributed by atoms with Crippen molar-refractivity contribution in [2.24, 2.45) is 7.05 Å². The number of benzene rings is 1. The van der Waals surface area contributed by atoms with Gasteiger partial charge in [-0.15, -0.1) is 0 Å². The number of carbonyl (C=O) groups is 1. The Kier molecular flexibility index (Phi) is 6.51. The van der Waals surface area contributed by atoms with Crippen molar-refractivity contribution in [1.29, 1.82) is 0 Å². The molecule has 1 amide bonds. The van der Waals surface area contributed by atoms with Crippen LogP contribution >= 0.6 is 0 Å². The highest BCUT2D eigenvalue weighted by atomic mass is 16.5. The molecule has 0 aliphatic carbocycles. The van der Waals surface area contributed by atoms with Gasteiger partial charge in [-0.1, -0.05) is 6.07 Å². The summed E-state index contributed by atoms with van der Waals surface area (Å²) in [5.74, 6) is 1.24. The first-order valence-electron chi connectivity index (χ1n) is 10.6. The fourth-order valence-corrected chi connectivity index (χ4v) is 3.29. The Morgan fingerprint density at radius 1 is 1.12 bits per heavy atom. The Labute approximate surface area is 195 Å². The molecule has 34 heavy (non-hydrogen) atoms. The molecule has 0 saturated carbocycles. The van der Waals surface area contributed by atoms with Crippen LogP contribution in [0.4, 0.5) is 11.8 Å². The predicted octanol–water partition coefficient (Wildman–Crippen LogP) is 2.93. The van der Waals surface area contributed by atoms with Gasteiger partial charge >= 0.3 is 0 Å². The van der Waals surface area contributed by atoms with Gasteiger partial charge in [0, 0.05) is 36.9 Å². The van der Waals surface area contributed by atoms with Crippen LogP contribution in [0.25, 0.3) is 22.2 Å². The van der Waals surface area contributed by atoms with Crippen LogP contribution in [-0.4, -0.2) is 43.2 Å². The number of aliphatic hydroxyl groups is 1. The van der Waals surface area contributed by atoms with E-state index in [1.165, 1.54) is 17.0 Å². The number of amides is 1. The Bertz CT molecular complexity index is 1420. The lowest BCUT2D eigenvalue weighted by molar-refractivity contribution is -0.118. The van der Waals surface area contributed by atoms with Crippen molar-refractivity contribution in [3.05, 3.63) is 65.2 Å². The molecule has 4 rings (SSSR count). The van der Waals surface area contributed by atoms with Crippen molar-refractivity contribution in [2.45, 2.75) is 19.9 Å². The number of ether oxygens (including phenoxy) is 1. The molecule has 0 fully saturated rings. The molecule has 0 atom stereocenters. The van der Waals surface area contributed by atoms with Crippen LogP contribution in [0.3, 0.4) is 0 Å². The molecule has 0 saturated heterocycles. The molecule has 0 spiro atoms. The molecule has 0 bridgehead atoms. The number of hydrogen-bond acceptors (Lipinski definition) is 8. The van der Waals surface area contributed by atoms with Gasteiger partial charge in [0.15, 0.2) is 0 Å². The molecule has 3 aromatic heterocycles. The second kappa shape index (κ2) is 9.67. The summed E-state index contributed by atoms with van der Waals surface area (Å²) in [6.45, 7) is 3.32. The molecular weight excluding hydrogens is 436 g/mol. The van der Waals surface area contributed by atoms with E-state index in [1.54, 1.807) is 37.4 Å². The number of hydrogen-bond donors (Lipinski definition) is 3. The van der Waals surface area contributed by atoms with Crippen LogP contribution in [0.2, 0.25) is 0 Å². The largest absolute Gasteiger partial charge is 0.457 e. The Morgan fingerprint density at radius 3 is 2.68 bits per heavy atom. The van der Waals surface area contributed by atoms with Crippen molar-refractivity contribution in [3.63, 3.8) is 0 Å². The molecule has 0 radical (unpaired) electrons. The number of anilines is 2. The normalized spacial score (nSPS) is 11.0. The quantitative estimate of drug-likeness (QED) is 0.384. The minimum atomic E-state index is -0.631. The maximum atomic E-state index is 12.9. The lowest BCUT2D eigenvalue weighted by atomic mass is 10.1. The van der Waals surface area contributed by atoms with E-state index in [1.807, 2.05) is 26.0 Å². The topological polar surface area (TPSA) is 131 Å². The van der Waals surface area contributed by atoms with Gasteiger partial charge in [0.1, 0.15) is 23.9 Å². The summed E-state index contributed by atoms with van der Waals surface area (Å²) >= 11 is 0. The van der Waals surface area contributed by atoms with E-state index in [0.29, 0.717) is 34.2 Å². The van der Waals surface area contributed by atoms with Crippen LogP contribution in [-0.2, 0) is 11.8 Å². The van der Waals surface area contributed by atoms with Gasteiger partial charge in [0.2, 0.25) is 5.95 Å². The first kappa shape index (κ1) is 22.9. The maximum absolute atomic E-state index is 12.9. The molecule has 0 aliphatic rings. The summed E-state index contributed by atoms with van der Waals surface area (Å²) in [6.07, 6.45) is 3.03. The summed E-state index contributed by atoms with van der Waals surface area (Å²) in [4.78, 5) is 37.2. The van der Waals surface area contributed by atoms with Crippen molar-refractivity contribution in [2.75, 3.05) is 17.2 Å². The Hall–Kier alpha value is -4.31. The third-order valence-corrected chi connectivity index (χ3v) is 4.90. The summed E-state index contributed by atoms with van der Waals surface area (Å²) in [5.41, 5.74) is 1.45. The van der Waals surface area contributed by atoms with E-state index < -0.39 is 12.5 Å². The van der Waals surface area contributed by atoms with Gasteiger partial charge in [-0.05, 0) is 44.2 Å². The summed E-state index contributed by atoms with van der Waals surface area (Å²) in [7, 11) is 1.67. The fraction of sp³-hybridized carbons (Fsp3) is 0.208. The van der Waals surface area contributed by atoms with Gasteiger partial charge in [-0.2, -0.15) is 0 Å². The van der Waals surface area contributed by atoms with Crippen LogP contribution in [0, 0.1) is 0 Å². The number of nitrogens with zero attached hydrogens (tertiary/aromatic N) is 4. The average Bonchev–Trinajstić information content (AvgIpc) is 2.82. The molecule has 3 heterocycles. The van der Waals surface area contributed by atoms with Crippen LogP contribution < -0.4 is 20.9 Å². The first-order valence-corrected chi connectivity index (χ1v) is 10.6. The zero-order valence-corrected chi connectivity index (χ0v) is 18.9. The second-order valence-corrected chi connectivity index (χ2v) is 7.89. The number of aromatic nitrogens is 4. The highest BCUT2D eigenvalue weighted by Crippen LogP contribution is 2.27. The highest BCUT2D eigenvalue weighted by molar-refractivity contribution is 5.90. The van der Waals surface area contributed by atoms with E-state index in [0.717, 1.165) is 5.39 Å². The van der Waals surface area contributed by atoms with Gasteiger partial charge in [-0.3, -0.25) is 14.2 Å². The van der Waals surface area contributed by atoms with Gasteiger partial charge < -0.3 is 20.5 Å². The lowest BCUT2D eigenvalue weighted by Crippen LogP contribution is -2.25. The maximum Gasteiger partial charge on any atom is 0.264 e. The van der Waals surface area contributed by atoms with E-state index >= 15 is 0 Å². The zero-order chi connectivity index (χ0) is 24.2. The molecule has 1 aromatic carbocycles. The minimum absolute atomic E-state index is 0.150. The van der Waals surface area contributed by atoms with Gasteiger partial charge in [0.25, 0.3) is 11.5 Å². The average molecular weight is 460 g/mol.